The molecule has 7 heteroatoms. The first-order valence-corrected chi connectivity index (χ1v) is 7.32. The van der Waals surface area contributed by atoms with E-state index in [0.29, 0.717) is 18.9 Å². The van der Waals surface area contributed by atoms with E-state index in [-0.39, 0.29) is 17.6 Å². The van der Waals surface area contributed by atoms with Gasteiger partial charge >= 0.3 is 6.09 Å². The summed E-state index contributed by atoms with van der Waals surface area (Å²) in [6.07, 6.45) is 1.53. The quantitative estimate of drug-likeness (QED) is 0.901. The fourth-order valence-corrected chi connectivity index (χ4v) is 1.56. The van der Waals surface area contributed by atoms with E-state index in [1.54, 1.807) is 27.8 Å². The molecule has 22 heavy (non-hydrogen) atoms. The van der Waals surface area contributed by atoms with Crippen molar-refractivity contribution in [2.24, 2.45) is 0 Å². The number of hydrogen-bond acceptors (Lipinski definition) is 5. The predicted molar refractivity (Wildman–Crippen MR) is 81.7 cm³/mol. The highest BCUT2D eigenvalue weighted by atomic mass is 16.6. The van der Waals surface area contributed by atoms with Crippen molar-refractivity contribution < 1.29 is 18.7 Å². The number of nitrogens with one attached hydrogen (secondary N) is 1. The lowest BCUT2D eigenvalue weighted by molar-refractivity contribution is 0.0234. The van der Waals surface area contributed by atoms with Crippen molar-refractivity contribution in [1.82, 2.24) is 15.2 Å². The summed E-state index contributed by atoms with van der Waals surface area (Å²) in [5, 5.41) is 2.72. The van der Waals surface area contributed by atoms with Gasteiger partial charge < -0.3 is 19.4 Å². The second-order valence-corrected chi connectivity index (χ2v) is 6.13. The van der Waals surface area contributed by atoms with Crippen molar-refractivity contribution in [1.29, 1.82) is 0 Å². The molecule has 1 atom stereocenters. The SMILES string of the molecule is CCc1nc(C(=O)NCC(C)N(C)C(=O)OC(C)(C)C)co1. The van der Waals surface area contributed by atoms with Crippen molar-refractivity contribution in [3.05, 3.63) is 17.8 Å². The van der Waals surface area contributed by atoms with Crippen LogP contribution in [0.25, 0.3) is 0 Å². The van der Waals surface area contributed by atoms with Crippen molar-refractivity contribution in [3.8, 4) is 0 Å². The van der Waals surface area contributed by atoms with Crippen LogP contribution in [0.5, 0.6) is 0 Å². The lowest BCUT2D eigenvalue weighted by Gasteiger charge is -2.28. The Balaban J connectivity index is 2.49. The molecule has 1 unspecified atom stereocenters. The van der Waals surface area contributed by atoms with Gasteiger partial charge in [0.1, 0.15) is 11.9 Å². The average molecular weight is 311 g/mol. The minimum Gasteiger partial charge on any atom is -0.448 e. The van der Waals surface area contributed by atoms with Crippen molar-refractivity contribution in [3.63, 3.8) is 0 Å². The highest BCUT2D eigenvalue weighted by Crippen LogP contribution is 2.10. The van der Waals surface area contributed by atoms with Crippen LogP contribution in [0.3, 0.4) is 0 Å². The van der Waals surface area contributed by atoms with Crippen LogP contribution in [-0.4, -0.2) is 47.1 Å². The standard InChI is InChI=1S/C15H25N3O4/c1-7-12-17-11(9-21-12)13(19)16-8-10(2)18(6)14(20)22-15(3,4)5/h9-10H,7-8H2,1-6H3,(H,16,19). The van der Waals surface area contributed by atoms with E-state index in [1.165, 1.54) is 11.2 Å². The second kappa shape index (κ2) is 7.29. The Morgan fingerprint density at radius 3 is 2.59 bits per heavy atom. The summed E-state index contributed by atoms with van der Waals surface area (Å²) in [6.45, 7) is 9.43. The Labute approximate surface area is 131 Å². The van der Waals surface area contributed by atoms with Gasteiger partial charge in [-0.25, -0.2) is 9.78 Å². The summed E-state index contributed by atoms with van der Waals surface area (Å²) in [6, 6.07) is -0.212. The van der Waals surface area contributed by atoms with Crippen LogP contribution in [-0.2, 0) is 11.2 Å². The molecular formula is C15H25N3O4. The molecule has 1 aromatic rings. The van der Waals surface area contributed by atoms with Gasteiger partial charge in [-0.2, -0.15) is 0 Å². The lowest BCUT2D eigenvalue weighted by atomic mass is 10.2. The smallest absolute Gasteiger partial charge is 0.410 e. The van der Waals surface area contributed by atoms with E-state index < -0.39 is 11.7 Å². The summed E-state index contributed by atoms with van der Waals surface area (Å²) in [4.78, 5) is 29.4. The summed E-state index contributed by atoms with van der Waals surface area (Å²) >= 11 is 0. The molecule has 0 aliphatic heterocycles. The molecule has 0 bridgehead atoms. The molecule has 7 nitrogen and oxygen atoms in total. The van der Waals surface area contributed by atoms with Gasteiger partial charge in [0.2, 0.25) is 0 Å². The van der Waals surface area contributed by atoms with Gasteiger partial charge in [-0.3, -0.25) is 4.79 Å². The van der Waals surface area contributed by atoms with Crippen LogP contribution >= 0.6 is 0 Å². The minimum atomic E-state index is -0.550. The van der Waals surface area contributed by atoms with Gasteiger partial charge in [-0.1, -0.05) is 6.92 Å². The number of carbonyl (C=O) groups is 2. The van der Waals surface area contributed by atoms with Gasteiger partial charge in [-0.15, -0.1) is 0 Å². The Kier molecular flexibility index (Phi) is 5.96. The van der Waals surface area contributed by atoms with Gasteiger partial charge in [0, 0.05) is 26.1 Å². The van der Waals surface area contributed by atoms with Gasteiger partial charge in [0.25, 0.3) is 5.91 Å². The van der Waals surface area contributed by atoms with Crippen LogP contribution in [0.2, 0.25) is 0 Å². The van der Waals surface area contributed by atoms with Gasteiger partial charge in [-0.05, 0) is 27.7 Å². The molecule has 1 N–H and O–H groups in total. The molecule has 0 radical (unpaired) electrons. The first kappa shape index (κ1) is 18.0. The Bertz CT molecular complexity index is 519. The number of carbonyl (C=O) groups excluding carboxylic acids is 2. The maximum absolute atomic E-state index is 11.9. The Hall–Kier alpha value is -2.05. The zero-order chi connectivity index (χ0) is 16.9. The fraction of sp³-hybridized carbons (Fsp3) is 0.667. The minimum absolute atomic E-state index is 0.212. The molecule has 2 amide bonds. The number of aryl methyl sites for hydroxylation is 1. The number of hydrogen-bond donors (Lipinski definition) is 1. The normalized spacial score (nSPS) is 12.6. The van der Waals surface area contributed by atoms with Gasteiger partial charge in [0.15, 0.2) is 11.6 Å². The third-order valence-electron chi connectivity index (χ3n) is 2.99. The highest BCUT2D eigenvalue weighted by molar-refractivity contribution is 5.91. The zero-order valence-electron chi connectivity index (χ0n) is 14.1. The van der Waals surface area contributed by atoms with Gasteiger partial charge in [0.05, 0.1) is 0 Å². The predicted octanol–water partition coefficient (Wildman–Crippen LogP) is 2.22. The molecule has 124 valence electrons. The zero-order valence-corrected chi connectivity index (χ0v) is 14.1. The summed E-state index contributed by atoms with van der Waals surface area (Å²) in [7, 11) is 1.64. The number of ether oxygens (including phenoxy) is 1. The second-order valence-electron chi connectivity index (χ2n) is 6.13. The maximum Gasteiger partial charge on any atom is 0.410 e. The summed E-state index contributed by atoms with van der Waals surface area (Å²) in [5.41, 5.74) is -0.310. The van der Waals surface area contributed by atoms with E-state index in [2.05, 4.69) is 10.3 Å². The number of amides is 2. The van der Waals surface area contributed by atoms with Crippen LogP contribution in [0.4, 0.5) is 4.79 Å². The van der Waals surface area contributed by atoms with E-state index in [4.69, 9.17) is 9.15 Å². The Morgan fingerprint density at radius 1 is 1.45 bits per heavy atom. The lowest BCUT2D eigenvalue weighted by Crippen LogP contribution is -2.45. The van der Waals surface area contributed by atoms with Crippen molar-refractivity contribution in [2.45, 2.75) is 52.7 Å². The van der Waals surface area contributed by atoms with Crippen molar-refractivity contribution in [2.75, 3.05) is 13.6 Å². The topological polar surface area (TPSA) is 84.7 Å². The molecule has 0 spiro atoms. The molecule has 0 fully saturated rings. The number of aromatic nitrogens is 1. The largest absolute Gasteiger partial charge is 0.448 e. The third kappa shape index (κ3) is 5.38. The molecule has 0 saturated heterocycles. The Morgan fingerprint density at radius 2 is 2.09 bits per heavy atom. The first-order chi connectivity index (χ1) is 10.1. The molecular weight excluding hydrogens is 286 g/mol. The van der Waals surface area contributed by atoms with Crippen molar-refractivity contribution >= 4 is 12.0 Å². The maximum atomic E-state index is 11.9. The molecule has 0 aromatic carbocycles. The van der Waals surface area contributed by atoms with E-state index >= 15 is 0 Å². The number of nitrogens with zero attached hydrogens (tertiary/aromatic N) is 2. The molecule has 1 heterocycles. The molecule has 0 aliphatic carbocycles. The summed E-state index contributed by atoms with van der Waals surface area (Å²) < 4.78 is 10.4. The molecule has 1 aromatic heterocycles. The van der Waals surface area contributed by atoms with Crippen LogP contribution in [0.15, 0.2) is 10.7 Å². The van der Waals surface area contributed by atoms with Crippen LogP contribution in [0, 0.1) is 0 Å². The summed E-state index contributed by atoms with van der Waals surface area (Å²) in [5.74, 6) is 0.192. The molecule has 1 rings (SSSR count). The van der Waals surface area contributed by atoms with E-state index in [1.807, 2.05) is 13.8 Å². The first-order valence-electron chi connectivity index (χ1n) is 7.32. The monoisotopic (exact) mass is 311 g/mol. The van der Waals surface area contributed by atoms with E-state index in [0.717, 1.165) is 0 Å². The third-order valence-corrected chi connectivity index (χ3v) is 2.99. The number of likely N-dealkylation sites (N-methyl/N-ethyl adjacent to an activating group) is 1. The molecule has 0 saturated carbocycles. The van der Waals surface area contributed by atoms with Crippen LogP contribution in [0.1, 0.15) is 51.0 Å². The average Bonchev–Trinajstić information content (AvgIpc) is 2.90. The highest BCUT2D eigenvalue weighted by Gasteiger charge is 2.23. The fourth-order valence-electron chi connectivity index (χ4n) is 1.56. The number of oxazole rings is 1. The molecule has 0 aliphatic rings. The number of rotatable bonds is 5. The van der Waals surface area contributed by atoms with E-state index in [9.17, 15) is 9.59 Å². The van der Waals surface area contributed by atoms with Crippen LogP contribution < -0.4 is 5.32 Å².